The van der Waals surface area contributed by atoms with E-state index in [-0.39, 0.29) is 12.6 Å². The predicted octanol–water partition coefficient (Wildman–Crippen LogP) is 5.02. The number of carbonyl (C=O) groups is 1. The summed E-state index contributed by atoms with van der Waals surface area (Å²) in [6.45, 7) is 0.695. The molecule has 0 aliphatic carbocycles. The van der Waals surface area contributed by atoms with Crippen LogP contribution in [0.1, 0.15) is 15.9 Å². The van der Waals surface area contributed by atoms with Crippen molar-refractivity contribution in [3.05, 3.63) is 88.4 Å². The van der Waals surface area contributed by atoms with Gasteiger partial charge in [-0.15, -0.1) is 0 Å². The van der Waals surface area contributed by atoms with E-state index in [4.69, 9.17) is 9.47 Å². The Morgan fingerprint density at radius 3 is 2.54 bits per heavy atom. The highest BCUT2D eigenvalue weighted by atomic mass is 79.9. The average molecular weight is 410 g/mol. The lowest BCUT2D eigenvalue weighted by Crippen LogP contribution is -2.38. The summed E-state index contributed by atoms with van der Waals surface area (Å²) in [5.74, 6) is 1.28. The number of nitrogens with zero attached hydrogens (tertiary/aromatic N) is 1. The summed E-state index contributed by atoms with van der Waals surface area (Å²) in [4.78, 5) is 14.3. The molecular weight excluding hydrogens is 394 g/mol. The van der Waals surface area contributed by atoms with Crippen LogP contribution in [0.4, 0.5) is 5.69 Å². The molecule has 0 N–H and O–H groups in total. The second kappa shape index (κ2) is 7.22. The van der Waals surface area contributed by atoms with Crippen LogP contribution < -0.4 is 14.4 Å². The van der Waals surface area contributed by atoms with Gasteiger partial charge in [0.05, 0.1) is 5.56 Å². The van der Waals surface area contributed by atoms with E-state index in [9.17, 15) is 4.79 Å². The van der Waals surface area contributed by atoms with Gasteiger partial charge >= 0.3 is 0 Å². The van der Waals surface area contributed by atoms with Gasteiger partial charge in [0.25, 0.3) is 5.91 Å². The summed E-state index contributed by atoms with van der Waals surface area (Å²) in [6, 6.07) is 22.9. The molecular formula is C21H16BrNO3. The average Bonchev–Trinajstić information content (AvgIpc) is 2.68. The van der Waals surface area contributed by atoms with Crippen molar-refractivity contribution in [1.29, 1.82) is 0 Å². The lowest BCUT2D eigenvalue weighted by molar-refractivity contribution is 0.0937. The first-order valence-corrected chi connectivity index (χ1v) is 9.01. The van der Waals surface area contributed by atoms with Crippen molar-refractivity contribution in [2.45, 2.75) is 6.61 Å². The number of amides is 1. The van der Waals surface area contributed by atoms with E-state index in [1.807, 2.05) is 66.7 Å². The highest BCUT2D eigenvalue weighted by Crippen LogP contribution is 2.31. The van der Waals surface area contributed by atoms with Crippen LogP contribution in [0.2, 0.25) is 0 Å². The van der Waals surface area contributed by atoms with Crippen LogP contribution in [0.5, 0.6) is 11.5 Å². The summed E-state index contributed by atoms with van der Waals surface area (Å²) in [5.41, 5.74) is 2.44. The molecule has 4 rings (SSSR count). The fourth-order valence-corrected chi connectivity index (χ4v) is 3.13. The standard InChI is InChI=1S/C21H16BrNO3/c22-16-6-11-19-20(12-16)26-14-23(21(19)24)17-7-9-18(10-8-17)25-13-15-4-2-1-3-5-15/h1-12H,13-14H2. The largest absolute Gasteiger partial charge is 0.489 e. The number of carbonyl (C=O) groups excluding carboxylic acids is 1. The third-order valence-corrected chi connectivity index (χ3v) is 4.66. The Kier molecular flexibility index (Phi) is 4.63. The molecule has 0 fully saturated rings. The fraction of sp³-hybridized carbons (Fsp3) is 0.0952. The molecule has 0 saturated heterocycles. The Morgan fingerprint density at radius 1 is 1.00 bits per heavy atom. The van der Waals surface area contributed by atoms with E-state index in [0.717, 1.165) is 21.5 Å². The van der Waals surface area contributed by atoms with E-state index < -0.39 is 0 Å². The van der Waals surface area contributed by atoms with Crippen LogP contribution in [0.3, 0.4) is 0 Å². The molecule has 0 unspecified atom stereocenters. The second-order valence-electron chi connectivity index (χ2n) is 5.92. The number of hydrogen-bond acceptors (Lipinski definition) is 3. The molecule has 4 nitrogen and oxygen atoms in total. The predicted molar refractivity (Wildman–Crippen MR) is 104 cm³/mol. The molecule has 130 valence electrons. The quantitative estimate of drug-likeness (QED) is 0.606. The van der Waals surface area contributed by atoms with Gasteiger partial charge in [0.2, 0.25) is 0 Å². The summed E-state index contributed by atoms with van der Waals surface area (Å²) in [7, 11) is 0. The zero-order chi connectivity index (χ0) is 17.9. The molecule has 3 aromatic carbocycles. The molecule has 1 heterocycles. The van der Waals surface area contributed by atoms with Crippen molar-refractivity contribution in [2.24, 2.45) is 0 Å². The molecule has 26 heavy (non-hydrogen) atoms. The van der Waals surface area contributed by atoms with Crippen molar-refractivity contribution in [1.82, 2.24) is 0 Å². The van der Waals surface area contributed by atoms with Crippen LogP contribution in [-0.4, -0.2) is 12.6 Å². The van der Waals surface area contributed by atoms with Gasteiger partial charge in [0.15, 0.2) is 6.73 Å². The van der Waals surface area contributed by atoms with Gasteiger partial charge < -0.3 is 9.47 Å². The minimum atomic E-state index is -0.0725. The SMILES string of the molecule is O=C1c2ccc(Br)cc2OCN1c1ccc(OCc2ccccc2)cc1. The first-order chi connectivity index (χ1) is 12.7. The maximum Gasteiger partial charge on any atom is 0.264 e. The summed E-state index contributed by atoms with van der Waals surface area (Å²) < 4.78 is 12.4. The number of hydrogen-bond donors (Lipinski definition) is 0. The minimum Gasteiger partial charge on any atom is -0.489 e. The Balaban J connectivity index is 1.47. The first kappa shape index (κ1) is 16.7. The molecule has 0 atom stereocenters. The molecule has 1 aliphatic heterocycles. The van der Waals surface area contributed by atoms with Crippen molar-refractivity contribution in [3.63, 3.8) is 0 Å². The fourth-order valence-electron chi connectivity index (χ4n) is 2.79. The summed E-state index contributed by atoms with van der Waals surface area (Å²) in [6.07, 6.45) is 0. The van der Waals surface area contributed by atoms with E-state index in [1.165, 1.54) is 0 Å². The van der Waals surface area contributed by atoms with Crippen LogP contribution in [0, 0.1) is 0 Å². The van der Waals surface area contributed by atoms with Crippen molar-refractivity contribution in [2.75, 3.05) is 11.6 Å². The van der Waals surface area contributed by atoms with Crippen molar-refractivity contribution >= 4 is 27.5 Å². The number of fused-ring (bicyclic) bond motifs is 1. The van der Waals surface area contributed by atoms with Gasteiger partial charge in [-0.25, -0.2) is 0 Å². The minimum absolute atomic E-state index is 0.0725. The van der Waals surface area contributed by atoms with Crippen LogP contribution in [-0.2, 0) is 6.61 Å². The number of halogens is 1. The number of rotatable bonds is 4. The molecule has 0 aromatic heterocycles. The van der Waals surface area contributed by atoms with E-state index >= 15 is 0 Å². The van der Waals surface area contributed by atoms with Gasteiger partial charge in [-0.2, -0.15) is 0 Å². The van der Waals surface area contributed by atoms with Crippen molar-refractivity contribution in [3.8, 4) is 11.5 Å². The normalized spacial score (nSPS) is 13.1. The van der Waals surface area contributed by atoms with Gasteiger partial charge in [0, 0.05) is 10.2 Å². The number of anilines is 1. The van der Waals surface area contributed by atoms with E-state index in [2.05, 4.69) is 15.9 Å². The second-order valence-corrected chi connectivity index (χ2v) is 6.83. The molecule has 5 heteroatoms. The molecule has 3 aromatic rings. The summed E-state index contributed by atoms with van der Waals surface area (Å²) in [5, 5.41) is 0. The maximum atomic E-state index is 12.7. The molecule has 1 amide bonds. The van der Waals surface area contributed by atoms with Gasteiger partial charge in [-0.3, -0.25) is 9.69 Å². The monoisotopic (exact) mass is 409 g/mol. The van der Waals surface area contributed by atoms with Crippen molar-refractivity contribution < 1.29 is 14.3 Å². The van der Waals surface area contributed by atoms with Crippen LogP contribution in [0.15, 0.2) is 77.3 Å². The Hall–Kier alpha value is -2.79. The van der Waals surface area contributed by atoms with E-state index in [0.29, 0.717) is 17.9 Å². The lowest BCUT2D eigenvalue weighted by Gasteiger charge is -2.29. The zero-order valence-electron chi connectivity index (χ0n) is 13.9. The molecule has 0 saturated carbocycles. The number of ether oxygens (including phenoxy) is 2. The van der Waals surface area contributed by atoms with Gasteiger partial charge in [-0.05, 0) is 48.0 Å². The summed E-state index contributed by atoms with van der Waals surface area (Å²) >= 11 is 3.39. The molecule has 1 aliphatic rings. The molecule has 0 bridgehead atoms. The molecule has 0 radical (unpaired) electrons. The van der Waals surface area contributed by atoms with E-state index in [1.54, 1.807) is 11.0 Å². The maximum absolute atomic E-state index is 12.7. The third kappa shape index (κ3) is 3.44. The van der Waals surface area contributed by atoms with Crippen LogP contribution in [0.25, 0.3) is 0 Å². The highest BCUT2D eigenvalue weighted by molar-refractivity contribution is 9.10. The molecule has 0 spiro atoms. The smallest absolute Gasteiger partial charge is 0.264 e. The number of benzene rings is 3. The highest BCUT2D eigenvalue weighted by Gasteiger charge is 2.26. The third-order valence-electron chi connectivity index (χ3n) is 4.17. The van der Waals surface area contributed by atoms with Crippen LogP contribution >= 0.6 is 15.9 Å². The van der Waals surface area contributed by atoms with Gasteiger partial charge in [-0.1, -0.05) is 46.3 Å². The first-order valence-electron chi connectivity index (χ1n) is 8.22. The Labute approximate surface area is 160 Å². The zero-order valence-corrected chi connectivity index (χ0v) is 15.5. The topological polar surface area (TPSA) is 38.8 Å². The Morgan fingerprint density at radius 2 is 1.77 bits per heavy atom. The van der Waals surface area contributed by atoms with Gasteiger partial charge in [0.1, 0.15) is 18.1 Å². The lowest BCUT2D eigenvalue weighted by atomic mass is 10.1. The Bertz CT molecular complexity index is 926.